The fraction of sp³-hybridized carbons (Fsp3) is 0.875. The van der Waals surface area contributed by atoms with Crippen LogP contribution in [0.5, 0.6) is 0 Å². The van der Waals surface area contributed by atoms with Crippen molar-refractivity contribution in [1.29, 1.82) is 0 Å². The quantitative estimate of drug-likeness (QED) is 0.324. The zero-order valence-corrected chi connectivity index (χ0v) is 18.6. The Kier molecular flexibility index (Phi) is 11.1. The molecule has 1 rings (SSSR count). The maximum Gasteiger partial charge on any atom is 0.239 e. The van der Waals surface area contributed by atoms with Gasteiger partial charge in [-0.05, 0) is 40.0 Å². The van der Waals surface area contributed by atoms with Crippen LogP contribution in [-0.2, 0) is 15.6 Å². The van der Waals surface area contributed by atoms with Crippen molar-refractivity contribution in [3.05, 3.63) is 0 Å². The van der Waals surface area contributed by atoms with Gasteiger partial charge in [-0.15, -0.1) is 24.0 Å². The first-order valence-corrected chi connectivity index (χ1v) is 9.78. The van der Waals surface area contributed by atoms with E-state index in [0.717, 1.165) is 31.4 Å². The minimum atomic E-state index is -0.738. The number of guanidine groups is 1. The monoisotopic (exact) mass is 472 g/mol. The Labute approximate surface area is 165 Å². The maximum atomic E-state index is 12.0. The first-order valence-electron chi connectivity index (χ1n) is 8.40. The van der Waals surface area contributed by atoms with Crippen LogP contribution in [0, 0.1) is 0 Å². The van der Waals surface area contributed by atoms with Crippen LogP contribution in [0.3, 0.4) is 0 Å². The zero-order chi connectivity index (χ0) is 17.5. The number of nitrogens with one attached hydrogen (secondary N) is 3. The molecule has 8 heteroatoms. The van der Waals surface area contributed by atoms with Crippen LogP contribution in [-0.4, -0.2) is 52.3 Å². The number of carbonyl (C=O) groups is 1. The third-order valence-electron chi connectivity index (χ3n) is 3.78. The Bertz CT molecular complexity index is 452. The number of halogens is 1. The van der Waals surface area contributed by atoms with Gasteiger partial charge >= 0.3 is 0 Å². The predicted molar refractivity (Wildman–Crippen MR) is 113 cm³/mol. The topological polar surface area (TPSA) is 82.6 Å². The van der Waals surface area contributed by atoms with Gasteiger partial charge in [-0.2, -0.15) is 0 Å². The lowest BCUT2D eigenvalue weighted by molar-refractivity contribution is -0.121. The lowest BCUT2D eigenvalue weighted by Crippen LogP contribution is -2.51. The molecular weight excluding hydrogens is 439 g/mol. The smallest absolute Gasteiger partial charge is 0.239 e. The summed E-state index contributed by atoms with van der Waals surface area (Å²) in [5.74, 6) is 1.29. The van der Waals surface area contributed by atoms with Gasteiger partial charge in [0.05, 0.1) is 6.54 Å². The van der Waals surface area contributed by atoms with Crippen molar-refractivity contribution in [2.45, 2.75) is 70.2 Å². The van der Waals surface area contributed by atoms with Crippen LogP contribution in [0.4, 0.5) is 0 Å². The Balaban J connectivity index is 0.00000529. The highest BCUT2D eigenvalue weighted by molar-refractivity contribution is 14.0. The lowest BCUT2D eigenvalue weighted by atomic mass is 9.95. The van der Waals surface area contributed by atoms with Crippen molar-refractivity contribution in [3.63, 3.8) is 0 Å². The van der Waals surface area contributed by atoms with E-state index in [4.69, 9.17) is 0 Å². The van der Waals surface area contributed by atoms with Crippen molar-refractivity contribution in [1.82, 2.24) is 16.0 Å². The molecule has 0 saturated heterocycles. The van der Waals surface area contributed by atoms with Crippen molar-refractivity contribution >= 4 is 46.6 Å². The molecular formula is C16H33IN4O2S. The SMILES string of the molecule is CCS(=O)C1CCCC(NC(=NC)NCC(=O)NC(C)(C)C)C1.I. The van der Waals surface area contributed by atoms with Crippen LogP contribution in [0.25, 0.3) is 0 Å². The van der Waals surface area contributed by atoms with Gasteiger partial charge in [0.1, 0.15) is 0 Å². The molecule has 24 heavy (non-hydrogen) atoms. The Hall–Kier alpha value is -0.380. The van der Waals surface area contributed by atoms with Crippen molar-refractivity contribution in [2.75, 3.05) is 19.3 Å². The first kappa shape index (κ1) is 23.6. The average molecular weight is 472 g/mol. The van der Waals surface area contributed by atoms with E-state index < -0.39 is 10.8 Å². The van der Waals surface area contributed by atoms with Gasteiger partial charge < -0.3 is 16.0 Å². The highest BCUT2D eigenvalue weighted by atomic mass is 127. The zero-order valence-electron chi connectivity index (χ0n) is 15.5. The second-order valence-electron chi connectivity index (χ2n) is 7.02. The standard InChI is InChI=1S/C16H32N4O2S.HI/c1-6-23(22)13-9-7-8-12(10-13)19-15(17-5)18-11-14(21)20-16(2,3)4;/h12-13H,6-11H2,1-5H3,(H,20,21)(H2,17,18,19);1H. The van der Waals surface area contributed by atoms with E-state index >= 15 is 0 Å². The molecule has 3 atom stereocenters. The van der Waals surface area contributed by atoms with Gasteiger partial charge in [0, 0.05) is 40.4 Å². The molecule has 0 aromatic carbocycles. The summed E-state index contributed by atoms with van der Waals surface area (Å²) in [5.41, 5.74) is -0.240. The molecule has 0 aromatic rings. The summed E-state index contributed by atoms with van der Waals surface area (Å²) in [6.07, 6.45) is 4.07. The molecule has 142 valence electrons. The molecule has 3 unspecified atom stereocenters. The van der Waals surface area contributed by atoms with E-state index in [1.54, 1.807) is 7.05 Å². The van der Waals surface area contributed by atoms with Crippen LogP contribution in [0.15, 0.2) is 4.99 Å². The predicted octanol–water partition coefficient (Wildman–Crippen LogP) is 1.76. The minimum Gasteiger partial charge on any atom is -0.354 e. The molecule has 1 fully saturated rings. The number of nitrogens with zero attached hydrogens (tertiary/aromatic N) is 1. The second-order valence-corrected chi connectivity index (χ2v) is 9.03. The summed E-state index contributed by atoms with van der Waals surface area (Å²) in [7, 11) is 0.958. The van der Waals surface area contributed by atoms with Gasteiger partial charge in [0.2, 0.25) is 5.91 Å². The third-order valence-corrected chi connectivity index (χ3v) is 5.52. The number of hydrogen-bond donors (Lipinski definition) is 3. The molecule has 0 heterocycles. The molecule has 1 saturated carbocycles. The number of hydrogen-bond acceptors (Lipinski definition) is 3. The Morgan fingerprint density at radius 3 is 2.50 bits per heavy atom. The van der Waals surface area contributed by atoms with Gasteiger partial charge in [-0.1, -0.05) is 13.3 Å². The molecule has 0 bridgehead atoms. The van der Waals surface area contributed by atoms with Gasteiger partial charge in [0.25, 0.3) is 0 Å². The van der Waals surface area contributed by atoms with E-state index in [9.17, 15) is 9.00 Å². The van der Waals surface area contributed by atoms with E-state index in [0.29, 0.717) is 5.96 Å². The Morgan fingerprint density at radius 1 is 1.29 bits per heavy atom. The molecule has 1 amide bonds. The molecule has 0 spiro atoms. The molecule has 0 aliphatic heterocycles. The summed E-state index contributed by atoms with van der Waals surface area (Å²) in [6, 6.07) is 0.265. The van der Waals surface area contributed by atoms with Crippen LogP contribution >= 0.6 is 24.0 Å². The van der Waals surface area contributed by atoms with Crippen LogP contribution in [0.1, 0.15) is 53.4 Å². The van der Waals surface area contributed by atoms with Crippen LogP contribution < -0.4 is 16.0 Å². The largest absolute Gasteiger partial charge is 0.354 e. The first-order chi connectivity index (χ1) is 10.7. The molecule has 6 nitrogen and oxygen atoms in total. The van der Waals surface area contributed by atoms with Gasteiger partial charge in [0.15, 0.2) is 5.96 Å². The molecule has 0 radical (unpaired) electrons. The fourth-order valence-electron chi connectivity index (χ4n) is 2.76. The third kappa shape index (κ3) is 9.19. The number of aliphatic imine (C=N–C) groups is 1. The number of carbonyl (C=O) groups excluding carboxylic acids is 1. The summed E-state index contributed by atoms with van der Waals surface area (Å²) in [5, 5.41) is 9.58. The average Bonchev–Trinajstić information content (AvgIpc) is 2.49. The minimum absolute atomic E-state index is 0. The summed E-state index contributed by atoms with van der Waals surface area (Å²) >= 11 is 0. The van der Waals surface area contributed by atoms with E-state index in [1.807, 2.05) is 27.7 Å². The normalized spacial score (nSPS) is 23.0. The molecule has 0 aromatic heterocycles. The van der Waals surface area contributed by atoms with Crippen molar-refractivity contribution < 1.29 is 9.00 Å². The highest BCUT2D eigenvalue weighted by Crippen LogP contribution is 2.22. The number of amides is 1. The van der Waals surface area contributed by atoms with Crippen molar-refractivity contribution in [2.24, 2.45) is 4.99 Å². The second kappa shape index (κ2) is 11.3. The van der Waals surface area contributed by atoms with E-state index in [-0.39, 0.29) is 53.3 Å². The maximum absolute atomic E-state index is 12.0. The molecule has 1 aliphatic rings. The van der Waals surface area contributed by atoms with Crippen molar-refractivity contribution in [3.8, 4) is 0 Å². The van der Waals surface area contributed by atoms with Gasteiger partial charge in [-0.3, -0.25) is 14.0 Å². The molecule has 3 N–H and O–H groups in total. The van der Waals surface area contributed by atoms with Gasteiger partial charge in [-0.25, -0.2) is 0 Å². The van der Waals surface area contributed by atoms with E-state index in [2.05, 4.69) is 20.9 Å². The van der Waals surface area contributed by atoms with E-state index in [1.165, 1.54) is 0 Å². The fourth-order valence-corrected chi connectivity index (χ4v) is 4.11. The highest BCUT2D eigenvalue weighted by Gasteiger charge is 2.26. The number of rotatable bonds is 5. The summed E-state index contributed by atoms with van der Waals surface area (Å²) in [4.78, 5) is 16.0. The Morgan fingerprint density at radius 2 is 1.96 bits per heavy atom. The summed E-state index contributed by atoms with van der Waals surface area (Å²) < 4.78 is 12.0. The lowest BCUT2D eigenvalue weighted by Gasteiger charge is -2.30. The summed E-state index contributed by atoms with van der Waals surface area (Å²) in [6.45, 7) is 8.02. The van der Waals surface area contributed by atoms with Crippen LogP contribution in [0.2, 0.25) is 0 Å². The molecule has 1 aliphatic carbocycles.